The molecule has 0 aromatic heterocycles. The molecule has 0 radical (unpaired) electrons. The van der Waals surface area contributed by atoms with Crippen LogP contribution < -0.4 is 15.2 Å². The van der Waals surface area contributed by atoms with E-state index in [1.807, 2.05) is 0 Å². The number of ether oxygens (including phenoxy) is 1. The summed E-state index contributed by atoms with van der Waals surface area (Å²) >= 11 is 3.23. The number of hydrogen-bond acceptors (Lipinski definition) is 5. The summed E-state index contributed by atoms with van der Waals surface area (Å²) in [5.41, 5.74) is 5.74. The lowest BCUT2D eigenvalue weighted by Crippen LogP contribution is -2.32. The van der Waals surface area contributed by atoms with Gasteiger partial charge in [0.25, 0.3) is 0 Å². The van der Waals surface area contributed by atoms with E-state index < -0.39 is 10.0 Å². The molecular formula is C12H17BrN2O4S. The van der Waals surface area contributed by atoms with Crippen molar-refractivity contribution in [1.29, 1.82) is 0 Å². The number of sulfonamides is 1. The van der Waals surface area contributed by atoms with Crippen molar-refractivity contribution in [3.05, 3.63) is 16.6 Å². The van der Waals surface area contributed by atoms with Crippen LogP contribution in [0.3, 0.4) is 0 Å². The number of aliphatic hydroxyl groups excluding tert-OH is 1. The average molecular weight is 365 g/mol. The molecule has 0 atom stereocenters. The Bertz CT molecular complexity index is 614. The van der Waals surface area contributed by atoms with E-state index in [0.717, 1.165) is 12.8 Å². The van der Waals surface area contributed by atoms with Crippen molar-refractivity contribution in [3.8, 4) is 5.75 Å². The molecule has 1 aromatic carbocycles. The predicted molar refractivity (Wildman–Crippen MR) is 79.0 cm³/mol. The minimum atomic E-state index is -3.73. The molecule has 20 heavy (non-hydrogen) atoms. The Labute approximate surface area is 126 Å². The van der Waals surface area contributed by atoms with Gasteiger partial charge in [-0.1, -0.05) is 0 Å². The summed E-state index contributed by atoms with van der Waals surface area (Å²) in [4.78, 5) is -0.00515. The van der Waals surface area contributed by atoms with Crippen molar-refractivity contribution >= 4 is 31.6 Å². The van der Waals surface area contributed by atoms with Gasteiger partial charge >= 0.3 is 0 Å². The SMILES string of the molecule is COc1cc(Br)c(N)cc1S(=O)(=O)NCC1(CO)CC1. The number of halogens is 1. The van der Waals surface area contributed by atoms with Crippen LogP contribution in [0.5, 0.6) is 5.75 Å². The van der Waals surface area contributed by atoms with Gasteiger partial charge in [-0.05, 0) is 40.9 Å². The van der Waals surface area contributed by atoms with Crippen LogP contribution in [0.25, 0.3) is 0 Å². The highest BCUT2D eigenvalue weighted by molar-refractivity contribution is 9.10. The summed E-state index contributed by atoms with van der Waals surface area (Å²) in [6.07, 6.45) is 1.65. The summed E-state index contributed by atoms with van der Waals surface area (Å²) in [6.45, 7) is 0.195. The Hall–Kier alpha value is -0.830. The minimum absolute atomic E-state index is 0.00515. The number of benzene rings is 1. The van der Waals surface area contributed by atoms with E-state index in [9.17, 15) is 13.5 Å². The fourth-order valence-electron chi connectivity index (χ4n) is 1.81. The molecule has 1 aromatic rings. The van der Waals surface area contributed by atoms with E-state index in [4.69, 9.17) is 10.5 Å². The first-order chi connectivity index (χ1) is 9.33. The van der Waals surface area contributed by atoms with Crippen LogP contribution >= 0.6 is 15.9 Å². The predicted octanol–water partition coefficient (Wildman–Crippen LogP) is 1.09. The molecule has 1 fully saturated rings. The third-order valence-corrected chi connectivity index (χ3v) is 5.61. The number of anilines is 1. The summed E-state index contributed by atoms with van der Waals surface area (Å²) < 4.78 is 32.8. The van der Waals surface area contributed by atoms with Crippen molar-refractivity contribution < 1.29 is 18.3 Å². The summed E-state index contributed by atoms with van der Waals surface area (Å²) in [6, 6.07) is 2.87. The van der Waals surface area contributed by atoms with Crippen molar-refractivity contribution in [2.75, 3.05) is 26.0 Å². The Morgan fingerprint density at radius 2 is 2.15 bits per heavy atom. The van der Waals surface area contributed by atoms with Crippen molar-refractivity contribution in [3.63, 3.8) is 0 Å². The van der Waals surface area contributed by atoms with Gasteiger partial charge in [0.15, 0.2) is 0 Å². The molecule has 2 rings (SSSR count). The largest absolute Gasteiger partial charge is 0.495 e. The first-order valence-corrected chi connectivity index (χ1v) is 8.35. The van der Waals surface area contributed by atoms with Gasteiger partial charge in [-0.15, -0.1) is 0 Å². The molecule has 0 saturated heterocycles. The van der Waals surface area contributed by atoms with Gasteiger partial charge in [-0.25, -0.2) is 13.1 Å². The van der Waals surface area contributed by atoms with E-state index >= 15 is 0 Å². The Balaban J connectivity index is 2.27. The lowest BCUT2D eigenvalue weighted by Gasteiger charge is -2.15. The first kappa shape index (κ1) is 15.6. The highest BCUT2D eigenvalue weighted by Crippen LogP contribution is 2.44. The third-order valence-electron chi connectivity index (χ3n) is 3.50. The summed E-state index contributed by atoms with van der Waals surface area (Å²) in [5, 5.41) is 9.22. The second-order valence-corrected chi connectivity index (χ2v) is 7.60. The second-order valence-electron chi connectivity index (χ2n) is 5.01. The maximum absolute atomic E-state index is 12.3. The zero-order valence-electron chi connectivity index (χ0n) is 11.0. The molecule has 4 N–H and O–H groups in total. The van der Waals surface area contributed by atoms with Crippen LogP contribution in [-0.2, 0) is 10.0 Å². The van der Waals surface area contributed by atoms with Gasteiger partial charge in [0, 0.05) is 28.7 Å². The molecule has 8 heteroatoms. The molecule has 112 valence electrons. The number of rotatable bonds is 6. The number of nitrogens with two attached hydrogens (primary N) is 1. The van der Waals surface area contributed by atoms with E-state index in [-0.39, 0.29) is 29.2 Å². The van der Waals surface area contributed by atoms with Crippen LogP contribution in [0.2, 0.25) is 0 Å². The minimum Gasteiger partial charge on any atom is -0.495 e. The molecule has 0 unspecified atom stereocenters. The van der Waals surface area contributed by atoms with Crippen LogP contribution in [0.4, 0.5) is 5.69 Å². The van der Waals surface area contributed by atoms with E-state index in [1.165, 1.54) is 19.2 Å². The Morgan fingerprint density at radius 3 is 2.65 bits per heavy atom. The van der Waals surface area contributed by atoms with E-state index in [0.29, 0.717) is 10.2 Å². The third kappa shape index (κ3) is 3.08. The molecule has 1 aliphatic rings. The Morgan fingerprint density at radius 1 is 1.50 bits per heavy atom. The van der Waals surface area contributed by atoms with Crippen LogP contribution in [0, 0.1) is 5.41 Å². The molecule has 0 heterocycles. The molecule has 0 aliphatic heterocycles. The quantitative estimate of drug-likeness (QED) is 0.655. The standard InChI is InChI=1S/C12H17BrN2O4S/c1-19-10-4-8(13)9(14)5-11(10)20(17,18)15-6-12(7-16)2-3-12/h4-5,15-16H,2-3,6-7,14H2,1H3. The molecule has 0 amide bonds. The molecule has 1 saturated carbocycles. The van der Waals surface area contributed by atoms with E-state index in [2.05, 4.69) is 20.7 Å². The number of nitrogens with one attached hydrogen (secondary N) is 1. The molecular weight excluding hydrogens is 348 g/mol. The smallest absolute Gasteiger partial charge is 0.244 e. The summed E-state index contributed by atoms with van der Waals surface area (Å²) in [5.74, 6) is 0.215. The maximum Gasteiger partial charge on any atom is 0.244 e. The Kier molecular flexibility index (Phi) is 4.29. The fraction of sp³-hybridized carbons (Fsp3) is 0.500. The fourth-order valence-corrected chi connectivity index (χ4v) is 3.48. The van der Waals surface area contributed by atoms with E-state index in [1.54, 1.807) is 0 Å². The molecule has 1 aliphatic carbocycles. The lowest BCUT2D eigenvalue weighted by molar-refractivity contribution is 0.213. The lowest BCUT2D eigenvalue weighted by atomic mass is 10.1. The monoisotopic (exact) mass is 364 g/mol. The van der Waals surface area contributed by atoms with Crippen LogP contribution in [0.1, 0.15) is 12.8 Å². The van der Waals surface area contributed by atoms with Crippen LogP contribution in [-0.4, -0.2) is 33.8 Å². The number of nitrogen functional groups attached to an aromatic ring is 1. The number of methoxy groups -OCH3 is 1. The molecule has 0 bridgehead atoms. The van der Waals surface area contributed by atoms with Gasteiger partial charge in [-0.2, -0.15) is 0 Å². The topological polar surface area (TPSA) is 102 Å². The highest BCUT2D eigenvalue weighted by atomic mass is 79.9. The van der Waals surface area contributed by atoms with Crippen molar-refractivity contribution in [2.24, 2.45) is 5.41 Å². The number of hydrogen-bond donors (Lipinski definition) is 3. The van der Waals surface area contributed by atoms with Crippen LogP contribution in [0.15, 0.2) is 21.5 Å². The summed E-state index contributed by atoms with van der Waals surface area (Å²) in [7, 11) is -2.34. The second kappa shape index (κ2) is 5.51. The maximum atomic E-state index is 12.3. The zero-order chi connectivity index (χ0) is 15.0. The van der Waals surface area contributed by atoms with Gasteiger partial charge in [0.2, 0.25) is 10.0 Å². The highest BCUT2D eigenvalue weighted by Gasteiger charge is 2.42. The normalized spacial score (nSPS) is 16.9. The van der Waals surface area contributed by atoms with Gasteiger partial charge in [0.1, 0.15) is 10.6 Å². The van der Waals surface area contributed by atoms with Gasteiger partial charge in [0.05, 0.1) is 7.11 Å². The van der Waals surface area contributed by atoms with Gasteiger partial charge < -0.3 is 15.6 Å². The number of aliphatic hydroxyl groups is 1. The van der Waals surface area contributed by atoms with Gasteiger partial charge in [-0.3, -0.25) is 0 Å². The average Bonchev–Trinajstić information content (AvgIpc) is 3.20. The first-order valence-electron chi connectivity index (χ1n) is 6.07. The van der Waals surface area contributed by atoms with Crippen molar-refractivity contribution in [1.82, 2.24) is 4.72 Å². The zero-order valence-corrected chi connectivity index (χ0v) is 13.4. The molecule has 0 spiro atoms. The van der Waals surface area contributed by atoms with Crippen molar-refractivity contribution in [2.45, 2.75) is 17.7 Å². The molecule has 6 nitrogen and oxygen atoms in total.